The summed E-state index contributed by atoms with van der Waals surface area (Å²) in [4.78, 5) is 12.3. The molecule has 0 amide bonds. The van der Waals surface area contributed by atoms with E-state index >= 15 is 0 Å². The van der Waals surface area contributed by atoms with E-state index in [9.17, 15) is 4.79 Å². The number of carbonyl (C=O) groups excluding carboxylic acids is 1. The zero-order chi connectivity index (χ0) is 16.4. The second-order valence-corrected chi connectivity index (χ2v) is 5.55. The lowest BCUT2D eigenvalue weighted by Gasteiger charge is -2.05. The van der Waals surface area contributed by atoms with Crippen LogP contribution in [-0.4, -0.2) is 21.0 Å². The van der Waals surface area contributed by atoms with E-state index in [2.05, 4.69) is 10.3 Å². The SMILES string of the molecule is Cc1cccc(-n2nnc(C(=O)Oc3ccc(Cl)cc3)c2C)c1. The predicted molar refractivity (Wildman–Crippen MR) is 87.2 cm³/mol. The van der Waals surface area contributed by atoms with Crippen LogP contribution >= 0.6 is 11.6 Å². The number of hydrogen-bond donors (Lipinski definition) is 0. The molecule has 0 saturated carbocycles. The summed E-state index contributed by atoms with van der Waals surface area (Å²) in [6.07, 6.45) is 0. The number of carbonyl (C=O) groups is 1. The van der Waals surface area contributed by atoms with Crippen molar-refractivity contribution < 1.29 is 9.53 Å². The average Bonchev–Trinajstić information content (AvgIpc) is 2.91. The number of halogens is 1. The molecule has 3 aromatic rings. The molecule has 116 valence electrons. The third-order valence-electron chi connectivity index (χ3n) is 3.36. The minimum Gasteiger partial charge on any atom is -0.422 e. The van der Waals surface area contributed by atoms with Gasteiger partial charge in [0.1, 0.15) is 5.75 Å². The van der Waals surface area contributed by atoms with Gasteiger partial charge in [0.2, 0.25) is 0 Å². The fraction of sp³-hybridized carbons (Fsp3) is 0.118. The van der Waals surface area contributed by atoms with Crippen LogP contribution in [0, 0.1) is 13.8 Å². The summed E-state index contributed by atoms with van der Waals surface area (Å²) in [5.41, 5.74) is 2.75. The molecule has 2 aromatic carbocycles. The van der Waals surface area contributed by atoms with Crippen LogP contribution in [0.2, 0.25) is 5.02 Å². The van der Waals surface area contributed by atoms with Crippen molar-refractivity contribution in [2.24, 2.45) is 0 Å². The van der Waals surface area contributed by atoms with Gasteiger partial charge >= 0.3 is 5.97 Å². The highest BCUT2D eigenvalue weighted by molar-refractivity contribution is 6.30. The summed E-state index contributed by atoms with van der Waals surface area (Å²) in [6, 6.07) is 14.4. The summed E-state index contributed by atoms with van der Waals surface area (Å²) < 4.78 is 6.91. The molecular formula is C17H14ClN3O2. The Morgan fingerprint density at radius 1 is 1.13 bits per heavy atom. The minimum atomic E-state index is -0.552. The predicted octanol–water partition coefficient (Wildman–Crippen LogP) is 3.76. The van der Waals surface area contributed by atoms with Gasteiger partial charge in [0.15, 0.2) is 5.69 Å². The molecule has 23 heavy (non-hydrogen) atoms. The van der Waals surface area contributed by atoms with Gasteiger partial charge in [-0.1, -0.05) is 28.9 Å². The Labute approximate surface area is 138 Å². The Balaban J connectivity index is 1.86. The first kappa shape index (κ1) is 15.2. The van der Waals surface area contributed by atoms with E-state index in [4.69, 9.17) is 16.3 Å². The summed E-state index contributed by atoms with van der Waals surface area (Å²) in [5.74, 6) is -0.146. The van der Waals surface area contributed by atoms with Crippen molar-refractivity contribution in [2.45, 2.75) is 13.8 Å². The molecule has 0 spiro atoms. The number of nitrogens with zero attached hydrogens (tertiary/aromatic N) is 3. The van der Waals surface area contributed by atoms with Gasteiger partial charge in [-0.25, -0.2) is 9.48 Å². The molecule has 1 heterocycles. The van der Waals surface area contributed by atoms with Crippen LogP contribution in [0.4, 0.5) is 0 Å². The van der Waals surface area contributed by atoms with Crippen LogP contribution < -0.4 is 4.74 Å². The Kier molecular flexibility index (Phi) is 4.12. The second-order valence-electron chi connectivity index (χ2n) is 5.12. The molecule has 0 saturated heterocycles. The van der Waals surface area contributed by atoms with E-state index in [1.807, 2.05) is 31.2 Å². The largest absolute Gasteiger partial charge is 0.422 e. The first-order valence-corrected chi connectivity index (χ1v) is 7.39. The van der Waals surface area contributed by atoms with Crippen LogP contribution in [0.1, 0.15) is 21.7 Å². The number of esters is 1. The van der Waals surface area contributed by atoms with Gasteiger partial charge in [-0.05, 0) is 55.8 Å². The van der Waals surface area contributed by atoms with Crippen LogP contribution in [-0.2, 0) is 0 Å². The van der Waals surface area contributed by atoms with E-state index in [1.165, 1.54) is 0 Å². The van der Waals surface area contributed by atoms with Crippen molar-refractivity contribution in [1.82, 2.24) is 15.0 Å². The number of rotatable bonds is 3. The zero-order valence-electron chi connectivity index (χ0n) is 12.7. The van der Waals surface area contributed by atoms with Gasteiger partial charge in [0, 0.05) is 5.02 Å². The van der Waals surface area contributed by atoms with Gasteiger partial charge in [0.25, 0.3) is 0 Å². The van der Waals surface area contributed by atoms with Gasteiger partial charge in [0.05, 0.1) is 11.4 Å². The molecule has 5 nitrogen and oxygen atoms in total. The Morgan fingerprint density at radius 2 is 1.87 bits per heavy atom. The van der Waals surface area contributed by atoms with Crippen LogP contribution in [0.5, 0.6) is 5.75 Å². The fourth-order valence-corrected chi connectivity index (χ4v) is 2.31. The number of hydrogen-bond acceptors (Lipinski definition) is 4. The Bertz CT molecular complexity index is 857. The molecular weight excluding hydrogens is 314 g/mol. The minimum absolute atomic E-state index is 0.182. The molecule has 6 heteroatoms. The topological polar surface area (TPSA) is 57.0 Å². The van der Waals surface area contributed by atoms with E-state index in [0.717, 1.165) is 11.3 Å². The first-order chi connectivity index (χ1) is 11.0. The highest BCUT2D eigenvalue weighted by atomic mass is 35.5. The Hall–Kier alpha value is -2.66. The van der Waals surface area contributed by atoms with Crippen molar-refractivity contribution in [3.8, 4) is 11.4 Å². The van der Waals surface area contributed by atoms with Crippen molar-refractivity contribution in [3.05, 3.63) is 70.5 Å². The third kappa shape index (κ3) is 3.24. The molecule has 0 N–H and O–H groups in total. The van der Waals surface area contributed by atoms with Gasteiger partial charge < -0.3 is 4.74 Å². The maximum atomic E-state index is 12.3. The molecule has 0 radical (unpaired) electrons. The van der Waals surface area contributed by atoms with Gasteiger partial charge in [-0.15, -0.1) is 5.10 Å². The lowest BCUT2D eigenvalue weighted by molar-refractivity contribution is 0.0727. The number of aryl methyl sites for hydroxylation is 1. The zero-order valence-corrected chi connectivity index (χ0v) is 13.4. The highest BCUT2D eigenvalue weighted by Gasteiger charge is 2.19. The van der Waals surface area contributed by atoms with E-state index in [1.54, 1.807) is 35.9 Å². The fourth-order valence-electron chi connectivity index (χ4n) is 2.18. The lowest BCUT2D eigenvalue weighted by atomic mass is 10.2. The van der Waals surface area contributed by atoms with Crippen LogP contribution in [0.3, 0.4) is 0 Å². The molecule has 1 aromatic heterocycles. The molecule has 0 bridgehead atoms. The standard InChI is InChI=1S/C17H14ClN3O2/c1-11-4-3-5-14(10-11)21-12(2)16(19-20-21)17(22)23-15-8-6-13(18)7-9-15/h3-10H,1-2H3. The molecule has 3 rings (SSSR count). The smallest absolute Gasteiger partial charge is 0.366 e. The van der Waals surface area contributed by atoms with E-state index in [0.29, 0.717) is 16.5 Å². The Morgan fingerprint density at radius 3 is 2.57 bits per heavy atom. The highest BCUT2D eigenvalue weighted by Crippen LogP contribution is 2.18. The lowest BCUT2D eigenvalue weighted by Crippen LogP contribution is -2.11. The molecule has 0 unspecified atom stereocenters. The summed E-state index contributed by atoms with van der Waals surface area (Å²) in [7, 11) is 0. The van der Waals surface area contributed by atoms with Crippen molar-refractivity contribution in [3.63, 3.8) is 0 Å². The maximum absolute atomic E-state index is 12.3. The summed E-state index contributed by atoms with van der Waals surface area (Å²) in [6.45, 7) is 3.77. The molecule has 0 aliphatic rings. The van der Waals surface area contributed by atoms with Crippen molar-refractivity contribution in [2.75, 3.05) is 0 Å². The van der Waals surface area contributed by atoms with Crippen LogP contribution in [0.15, 0.2) is 48.5 Å². The summed E-state index contributed by atoms with van der Waals surface area (Å²) >= 11 is 5.81. The van der Waals surface area contributed by atoms with Gasteiger partial charge in [-0.2, -0.15) is 0 Å². The maximum Gasteiger partial charge on any atom is 0.366 e. The quantitative estimate of drug-likeness (QED) is 0.543. The van der Waals surface area contributed by atoms with Crippen molar-refractivity contribution in [1.29, 1.82) is 0 Å². The normalized spacial score (nSPS) is 10.6. The molecule has 0 fully saturated rings. The molecule has 0 atom stereocenters. The monoisotopic (exact) mass is 327 g/mol. The first-order valence-electron chi connectivity index (χ1n) is 7.01. The number of benzene rings is 2. The van der Waals surface area contributed by atoms with Crippen LogP contribution in [0.25, 0.3) is 5.69 Å². The average molecular weight is 328 g/mol. The van der Waals surface area contributed by atoms with E-state index < -0.39 is 5.97 Å². The second kappa shape index (κ2) is 6.22. The molecule has 0 aliphatic carbocycles. The number of aromatic nitrogens is 3. The van der Waals surface area contributed by atoms with Gasteiger partial charge in [-0.3, -0.25) is 0 Å². The third-order valence-corrected chi connectivity index (χ3v) is 3.61. The molecule has 0 aliphatic heterocycles. The summed E-state index contributed by atoms with van der Waals surface area (Å²) in [5, 5.41) is 8.57. The van der Waals surface area contributed by atoms with Crippen molar-refractivity contribution >= 4 is 17.6 Å². The number of ether oxygens (including phenoxy) is 1. The van der Waals surface area contributed by atoms with E-state index in [-0.39, 0.29) is 5.69 Å².